The molecule has 0 amide bonds. The van der Waals surface area contributed by atoms with Gasteiger partial charge in [0.2, 0.25) is 0 Å². The molecule has 3 N–H and O–H groups in total. The molecule has 0 atom stereocenters. The molecule has 0 saturated heterocycles. The number of nitrogens with two attached hydrogens (primary N) is 1. The predicted octanol–water partition coefficient (Wildman–Crippen LogP) is 3.73. The molecule has 9 heteroatoms. The number of ether oxygens (including phenoxy) is 1. The van der Waals surface area contributed by atoms with E-state index in [-0.39, 0.29) is 20.8 Å². The lowest BCUT2D eigenvalue weighted by atomic mass is 10.1. The van der Waals surface area contributed by atoms with Crippen molar-refractivity contribution in [3.8, 4) is 17.0 Å². The van der Waals surface area contributed by atoms with Gasteiger partial charge in [-0.25, -0.2) is 18.6 Å². The number of carbonyl (C=O) groups is 1. The van der Waals surface area contributed by atoms with E-state index in [2.05, 4.69) is 20.9 Å². The Bertz CT molecular complexity index is 787. The van der Waals surface area contributed by atoms with E-state index in [9.17, 15) is 13.6 Å². The number of methoxy groups -OCH3 is 1. The summed E-state index contributed by atoms with van der Waals surface area (Å²) in [4.78, 5) is 14.7. The number of halogens is 4. The lowest BCUT2D eigenvalue weighted by Crippen LogP contribution is -2.09. The third-order valence-corrected chi connectivity index (χ3v) is 3.92. The number of pyridine rings is 1. The second-order valence-corrected chi connectivity index (χ2v) is 5.30. The Morgan fingerprint density at radius 3 is 2.59 bits per heavy atom. The molecule has 0 aliphatic heterocycles. The van der Waals surface area contributed by atoms with Gasteiger partial charge in [-0.15, -0.1) is 0 Å². The summed E-state index contributed by atoms with van der Waals surface area (Å²) >= 11 is 8.61. The van der Waals surface area contributed by atoms with E-state index in [1.807, 2.05) is 0 Å². The Balaban J connectivity index is 2.81. The number of hydrogen-bond donors (Lipinski definition) is 2. The molecule has 0 spiro atoms. The number of aromatic carboxylic acids is 1. The summed E-state index contributed by atoms with van der Waals surface area (Å²) < 4.78 is 33.2. The van der Waals surface area contributed by atoms with Crippen LogP contribution in [-0.4, -0.2) is 23.2 Å². The lowest BCUT2D eigenvalue weighted by Gasteiger charge is -2.12. The van der Waals surface area contributed by atoms with E-state index in [1.165, 1.54) is 13.2 Å². The lowest BCUT2D eigenvalue weighted by molar-refractivity contribution is 0.0689. The molecular formula is C13H8BrClF2N2O3. The molecule has 116 valence electrons. The molecule has 2 aromatic rings. The van der Waals surface area contributed by atoms with Gasteiger partial charge in [-0.1, -0.05) is 11.6 Å². The molecule has 1 aromatic heterocycles. The topological polar surface area (TPSA) is 85.4 Å². The van der Waals surface area contributed by atoms with Crippen molar-refractivity contribution in [3.63, 3.8) is 0 Å². The zero-order valence-electron chi connectivity index (χ0n) is 11.0. The molecule has 1 aromatic carbocycles. The van der Waals surface area contributed by atoms with Gasteiger partial charge in [-0.3, -0.25) is 0 Å². The molecule has 2 rings (SSSR count). The van der Waals surface area contributed by atoms with Crippen LogP contribution >= 0.6 is 27.5 Å². The molecule has 0 aliphatic carbocycles. The molecular weight excluding hydrogens is 386 g/mol. The maximum atomic E-state index is 14.3. The van der Waals surface area contributed by atoms with Crippen LogP contribution in [0.1, 0.15) is 10.5 Å². The molecule has 5 nitrogen and oxygen atoms in total. The second kappa shape index (κ2) is 6.05. The zero-order valence-corrected chi connectivity index (χ0v) is 13.3. The molecule has 0 bridgehead atoms. The first kappa shape index (κ1) is 16.4. The number of benzene rings is 1. The first-order valence-electron chi connectivity index (χ1n) is 5.69. The van der Waals surface area contributed by atoms with Crippen LogP contribution in [0.3, 0.4) is 0 Å². The van der Waals surface area contributed by atoms with Crippen LogP contribution < -0.4 is 10.5 Å². The standard InChI is InChI=1S/C13H8BrClF2N2O3/c1-22-12-5(15)3-2-4(7(12)16)10-8(17)9(18)6(14)11(19-10)13(20)21/h2-3H,1H3,(H2,18,19)(H,20,21). The molecule has 0 aliphatic rings. The van der Waals surface area contributed by atoms with E-state index in [0.717, 1.165) is 6.07 Å². The number of rotatable bonds is 3. The van der Waals surface area contributed by atoms with Crippen molar-refractivity contribution in [2.24, 2.45) is 0 Å². The highest BCUT2D eigenvalue weighted by molar-refractivity contribution is 9.10. The van der Waals surface area contributed by atoms with Gasteiger partial charge >= 0.3 is 5.97 Å². The number of nitrogen functional groups attached to an aromatic ring is 1. The van der Waals surface area contributed by atoms with Crippen molar-refractivity contribution >= 4 is 39.2 Å². The molecule has 0 fully saturated rings. The van der Waals surface area contributed by atoms with Crippen molar-refractivity contribution in [3.05, 3.63) is 39.0 Å². The van der Waals surface area contributed by atoms with Crippen molar-refractivity contribution in [2.75, 3.05) is 12.8 Å². The van der Waals surface area contributed by atoms with Gasteiger partial charge in [0.1, 0.15) is 5.69 Å². The number of aromatic nitrogens is 1. The van der Waals surface area contributed by atoms with E-state index >= 15 is 0 Å². The van der Waals surface area contributed by atoms with Crippen LogP contribution in [0.4, 0.5) is 14.5 Å². The van der Waals surface area contributed by atoms with Gasteiger partial charge in [-0.2, -0.15) is 0 Å². The van der Waals surface area contributed by atoms with Crippen molar-refractivity contribution in [1.82, 2.24) is 4.98 Å². The average molecular weight is 394 g/mol. The number of carboxylic acid groups (broad SMARTS) is 1. The molecule has 0 unspecified atom stereocenters. The Morgan fingerprint density at radius 1 is 1.41 bits per heavy atom. The fourth-order valence-corrected chi connectivity index (χ4v) is 2.44. The third kappa shape index (κ3) is 2.59. The van der Waals surface area contributed by atoms with Gasteiger partial charge < -0.3 is 15.6 Å². The summed E-state index contributed by atoms with van der Waals surface area (Å²) in [6.45, 7) is 0. The summed E-state index contributed by atoms with van der Waals surface area (Å²) in [5.41, 5.74) is 3.61. The van der Waals surface area contributed by atoms with Gasteiger partial charge in [0, 0.05) is 5.56 Å². The van der Waals surface area contributed by atoms with Gasteiger partial charge in [0.25, 0.3) is 0 Å². The highest BCUT2D eigenvalue weighted by atomic mass is 79.9. The smallest absolute Gasteiger partial charge is 0.355 e. The van der Waals surface area contributed by atoms with E-state index in [1.54, 1.807) is 0 Å². The zero-order chi connectivity index (χ0) is 16.6. The first-order valence-corrected chi connectivity index (χ1v) is 6.86. The minimum absolute atomic E-state index is 0.0206. The van der Waals surface area contributed by atoms with Crippen molar-refractivity contribution in [2.45, 2.75) is 0 Å². The van der Waals surface area contributed by atoms with Crippen LogP contribution in [0.2, 0.25) is 5.02 Å². The number of hydrogen-bond acceptors (Lipinski definition) is 4. The molecule has 1 heterocycles. The number of carboxylic acids is 1. The minimum Gasteiger partial charge on any atom is -0.492 e. The summed E-state index contributed by atoms with van der Waals surface area (Å²) in [5, 5.41) is 9.04. The fraction of sp³-hybridized carbons (Fsp3) is 0.0769. The van der Waals surface area contributed by atoms with E-state index in [4.69, 9.17) is 27.2 Å². The Hall–Kier alpha value is -1.93. The number of nitrogens with zero attached hydrogens (tertiary/aromatic N) is 1. The largest absolute Gasteiger partial charge is 0.492 e. The highest BCUT2D eigenvalue weighted by Crippen LogP contribution is 2.38. The summed E-state index contributed by atoms with van der Waals surface area (Å²) in [6, 6.07) is 2.43. The molecule has 22 heavy (non-hydrogen) atoms. The summed E-state index contributed by atoms with van der Waals surface area (Å²) in [7, 11) is 1.19. The maximum Gasteiger partial charge on any atom is 0.355 e. The predicted molar refractivity (Wildman–Crippen MR) is 80.2 cm³/mol. The van der Waals surface area contributed by atoms with E-state index < -0.39 is 34.7 Å². The maximum absolute atomic E-state index is 14.3. The van der Waals surface area contributed by atoms with Gasteiger partial charge in [0.15, 0.2) is 23.1 Å². The monoisotopic (exact) mass is 392 g/mol. The average Bonchev–Trinajstić information content (AvgIpc) is 2.46. The highest BCUT2D eigenvalue weighted by Gasteiger charge is 2.25. The minimum atomic E-state index is -1.44. The first-order chi connectivity index (χ1) is 10.3. The quantitative estimate of drug-likeness (QED) is 0.830. The van der Waals surface area contributed by atoms with Crippen LogP contribution in [-0.2, 0) is 0 Å². The SMILES string of the molecule is COc1c(Cl)ccc(-c2nc(C(=O)O)c(Br)c(N)c2F)c1F. The number of anilines is 1. The Morgan fingerprint density at radius 2 is 2.05 bits per heavy atom. The fourth-order valence-electron chi connectivity index (χ4n) is 1.78. The summed E-state index contributed by atoms with van der Waals surface area (Å²) in [5.74, 6) is -3.78. The van der Waals surface area contributed by atoms with Crippen LogP contribution in [0, 0.1) is 11.6 Å². The normalized spacial score (nSPS) is 10.6. The van der Waals surface area contributed by atoms with Crippen LogP contribution in [0.25, 0.3) is 11.3 Å². The van der Waals surface area contributed by atoms with Crippen LogP contribution in [0.15, 0.2) is 16.6 Å². The Kier molecular flexibility index (Phi) is 4.52. The van der Waals surface area contributed by atoms with Crippen LogP contribution in [0.5, 0.6) is 5.75 Å². The van der Waals surface area contributed by atoms with Gasteiger partial charge in [-0.05, 0) is 28.1 Å². The molecule has 0 radical (unpaired) electrons. The van der Waals surface area contributed by atoms with Crippen molar-refractivity contribution in [1.29, 1.82) is 0 Å². The second-order valence-electron chi connectivity index (χ2n) is 4.10. The van der Waals surface area contributed by atoms with Crippen molar-refractivity contribution < 1.29 is 23.4 Å². The third-order valence-electron chi connectivity index (χ3n) is 2.82. The van der Waals surface area contributed by atoms with Gasteiger partial charge in [0.05, 0.1) is 22.3 Å². The summed E-state index contributed by atoms with van der Waals surface area (Å²) in [6.07, 6.45) is 0. The Labute approximate surface area is 136 Å². The van der Waals surface area contributed by atoms with E-state index in [0.29, 0.717) is 0 Å². The molecule has 0 saturated carbocycles.